The molecule has 0 heterocycles. The predicted octanol–water partition coefficient (Wildman–Crippen LogP) is 3.85. The van der Waals surface area contributed by atoms with Crippen molar-refractivity contribution in [2.24, 2.45) is 5.92 Å². The molecule has 0 aromatic heterocycles. The van der Waals surface area contributed by atoms with Crippen molar-refractivity contribution < 1.29 is 9.84 Å². The Kier molecular flexibility index (Phi) is 5.62. The topological polar surface area (TPSA) is 29.5 Å². The summed E-state index contributed by atoms with van der Waals surface area (Å²) >= 11 is 3.56. The van der Waals surface area contributed by atoms with E-state index in [1.807, 2.05) is 30.3 Å². The Labute approximate surface area is 128 Å². The van der Waals surface area contributed by atoms with E-state index in [-0.39, 0.29) is 12.5 Å². The molecule has 0 saturated carbocycles. The average molecular weight is 335 g/mol. The van der Waals surface area contributed by atoms with Gasteiger partial charge in [0.2, 0.25) is 0 Å². The lowest BCUT2D eigenvalue weighted by atomic mass is 9.93. The van der Waals surface area contributed by atoms with Crippen LogP contribution in [0.5, 0.6) is 5.75 Å². The quantitative estimate of drug-likeness (QED) is 0.869. The summed E-state index contributed by atoms with van der Waals surface area (Å²) in [4.78, 5) is 0. The zero-order valence-electron chi connectivity index (χ0n) is 11.6. The molecule has 2 aromatic carbocycles. The second-order valence-corrected chi connectivity index (χ2v) is 5.75. The van der Waals surface area contributed by atoms with E-state index < -0.39 is 0 Å². The highest BCUT2D eigenvalue weighted by Gasteiger charge is 2.11. The Morgan fingerprint density at radius 2 is 1.75 bits per heavy atom. The Morgan fingerprint density at radius 3 is 2.35 bits per heavy atom. The highest BCUT2D eigenvalue weighted by molar-refractivity contribution is 9.10. The fourth-order valence-corrected chi connectivity index (χ4v) is 2.72. The lowest BCUT2D eigenvalue weighted by molar-refractivity contribution is 0.225. The van der Waals surface area contributed by atoms with Crippen LogP contribution in [0.4, 0.5) is 0 Å². The van der Waals surface area contributed by atoms with Crippen molar-refractivity contribution >= 4 is 15.9 Å². The first-order valence-corrected chi connectivity index (χ1v) is 7.49. The second kappa shape index (κ2) is 7.46. The van der Waals surface area contributed by atoms with E-state index in [1.54, 1.807) is 7.11 Å². The average Bonchev–Trinajstić information content (AvgIpc) is 2.49. The van der Waals surface area contributed by atoms with Gasteiger partial charge in [-0.15, -0.1) is 0 Å². The molecule has 106 valence electrons. The highest BCUT2D eigenvalue weighted by Crippen LogP contribution is 2.22. The summed E-state index contributed by atoms with van der Waals surface area (Å²) < 4.78 is 6.26. The number of ether oxygens (including phenoxy) is 1. The van der Waals surface area contributed by atoms with Gasteiger partial charge in [-0.3, -0.25) is 0 Å². The lowest BCUT2D eigenvalue weighted by Crippen LogP contribution is -2.13. The lowest BCUT2D eigenvalue weighted by Gasteiger charge is -2.15. The molecular formula is C17H19BrO2. The monoisotopic (exact) mass is 334 g/mol. The van der Waals surface area contributed by atoms with Crippen LogP contribution in [0.2, 0.25) is 0 Å². The molecule has 0 radical (unpaired) electrons. The number of aliphatic hydroxyl groups is 1. The van der Waals surface area contributed by atoms with Crippen molar-refractivity contribution in [1.29, 1.82) is 0 Å². The molecular weight excluding hydrogens is 316 g/mol. The number of halogens is 1. The van der Waals surface area contributed by atoms with Crippen molar-refractivity contribution in [3.05, 3.63) is 64.1 Å². The minimum absolute atomic E-state index is 0.188. The van der Waals surface area contributed by atoms with E-state index in [4.69, 9.17) is 4.74 Å². The third kappa shape index (κ3) is 4.09. The van der Waals surface area contributed by atoms with Gasteiger partial charge >= 0.3 is 0 Å². The summed E-state index contributed by atoms with van der Waals surface area (Å²) in [7, 11) is 1.67. The Morgan fingerprint density at radius 1 is 1.05 bits per heavy atom. The van der Waals surface area contributed by atoms with Gasteiger partial charge in [0, 0.05) is 11.1 Å². The predicted molar refractivity (Wildman–Crippen MR) is 85.1 cm³/mol. The molecule has 2 rings (SSSR count). The number of benzene rings is 2. The molecule has 0 fully saturated rings. The number of rotatable bonds is 6. The molecule has 0 aliphatic rings. The van der Waals surface area contributed by atoms with Crippen molar-refractivity contribution in [1.82, 2.24) is 0 Å². The fourth-order valence-electron chi connectivity index (χ4n) is 2.27. The van der Waals surface area contributed by atoms with Gasteiger partial charge in [-0.05, 0) is 48.1 Å². The zero-order valence-corrected chi connectivity index (χ0v) is 13.1. The van der Waals surface area contributed by atoms with Gasteiger partial charge in [0.25, 0.3) is 0 Å². The van der Waals surface area contributed by atoms with E-state index in [0.717, 1.165) is 23.1 Å². The van der Waals surface area contributed by atoms with Crippen molar-refractivity contribution in [3.63, 3.8) is 0 Å². The molecule has 0 spiro atoms. The Balaban J connectivity index is 2.03. The summed E-state index contributed by atoms with van der Waals surface area (Å²) in [5.41, 5.74) is 2.46. The normalized spacial score (nSPS) is 12.2. The van der Waals surface area contributed by atoms with E-state index in [1.165, 1.54) is 11.1 Å². The van der Waals surface area contributed by atoms with E-state index >= 15 is 0 Å². The van der Waals surface area contributed by atoms with Crippen LogP contribution in [0, 0.1) is 5.92 Å². The van der Waals surface area contributed by atoms with Gasteiger partial charge in [-0.2, -0.15) is 0 Å². The third-order valence-electron chi connectivity index (χ3n) is 3.41. The molecule has 3 heteroatoms. The molecule has 0 aliphatic carbocycles. The minimum atomic E-state index is 0.188. The molecule has 0 amide bonds. The molecule has 1 unspecified atom stereocenters. The summed E-state index contributed by atoms with van der Waals surface area (Å²) in [6.45, 7) is 0.188. The maximum Gasteiger partial charge on any atom is 0.118 e. The van der Waals surface area contributed by atoms with Crippen LogP contribution in [0.15, 0.2) is 53.0 Å². The fraction of sp³-hybridized carbons (Fsp3) is 0.294. The molecule has 2 aromatic rings. The van der Waals surface area contributed by atoms with Crippen molar-refractivity contribution in [3.8, 4) is 5.75 Å². The SMILES string of the molecule is COc1ccc(CC(CO)Cc2ccccc2Br)cc1. The maximum atomic E-state index is 9.60. The summed E-state index contributed by atoms with van der Waals surface area (Å²) in [5, 5.41) is 9.60. The van der Waals surface area contributed by atoms with Gasteiger partial charge in [0.1, 0.15) is 5.75 Å². The smallest absolute Gasteiger partial charge is 0.118 e. The minimum Gasteiger partial charge on any atom is -0.497 e. The maximum absolute atomic E-state index is 9.60. The summed E-state index contributed by atoms with van der Waals surface area (Å²) in [6, 6.07) is 16.2. The van der Waals surface area contributed by atoms with Crippen LogP contribution >= 0.6 is 15.9 Å². The van der Waals surface area contributed by atoms with E-state index in [0.29, 0.717) is 0 Å². The first-order chi connectivity index (χ1) is 9.72. The number of aliphatic hydroxyl groups excluding tert-OH is 1. The van der Waals surface area contributed by atoms with Crippen LogP contribution in [0.3, 0.4) is 0 Å². The largest absolute Gasteiger partial charge is 0.497 e. The van der Waals surface area contributed by atoms with Gasteiger partial charge in [-0.25, -0.2) is 0 Å². The van der Waals surface area contributed by atoms with Crippen LogP contribution in [-0.4, -0.2) is 18.8 Å². The van der Waals surface area contributed by atoms with Crippen molar-refractivity contribution in [2.75, 3.05) is 13.7 Å². The molecule has 1 N–H and O–H groups in total. The zero-order chi connectivity index (χ0) is 14.4. The molecule has 0 aliphatic heterocycles. The van der Waals surface area contributed by atoms with Crippen LogP contribution in [-0.2, 0) is 12.8 Å². The van der Waals surface area contributed by atoms with Crippen LogP contribution in [0.25, 0.3) is 0 Å². The molecule has 0 saturated heterocycles. The highest BCUT2D eigenvalue weighted by atomic mass is 79.9. The van der Waals surface area contributed by atoms with E-state index in [9.17, 15) is 5.11 Å². The summed E-state index contributed by atoms with van der Waals surface area (Å²) in [5.74, 6) is 1.09. The molecule has 1 atom stereocenters. The standard InChI is InChI=1S/C17H19BrO2/c1-20-16-8-6-13(7-9-16)10-14(12-19)11-15-4-2-3-5-17(15)18/h2-9,14,19H,10-12H2,1H3. The number of hydrogen-bond donors (Lipinski definition) is 1. The molecule has 2 nitrogen and oxygen atoms in total. The summed E-state index contributed by atoms with van der Waals surface area (Å²) in [6.07, 6.45) is 1.73. The first kappa shape index (κ1) is 15.1. The van der Waals surface area contributed by atoms with Gasteiger partial charge in [0.05, 0.1) is 7.11 Å². The van der Waals surface area contributed by atoms with Gasteiger partial charge in [-0.1, -0.05) is 46.3 Å². The Hall–Kier alpha value is -1.32. The van der Waals surface area contributed by atoms with E-state index in [2.05, 4.69) is 34.1 Å². The van der Waals surface area contributed by atoms with Gasteiger partial charge in [0.15, 0.2) is 0 Å². The van der Waals surface area contributed by atoms with Crippen LogP contribution in [0.1, 0.15) is 11.1 Å². The van der Waals surface area contributed by atoms with Crippen LogP contribution < -0.4 is 4.74 Å². The molecule has 20 heavy (non-hydrogen) atoms. The first-order valence-electron chi connectivity index (χ1n) is 6.70. The second-order valence-electron chi connectivity index (χ2n) is 4.90. The molecule has 0 bridgehead atoms. The van der Waals surface area contributed by atoms with Crippen molar-refractivity contribution in [2.45, 2.75) is 12.8 Å². The van der Waals surface area contributed by atoms with Gasteiger partial charge < -0.3 is 9.84 Å². The number of methoxy groups -OCH3 is 1. The third-order valence-corrected chi connectivity index (χ3v) is 4.18. The Bertz CT molecular complexity index is 537. The number of hydrogen-bond acceptors (Lipinski definition) is 2.